The van der Waals surface area contributed by atoms with E-state index in [1.165, 1.54) is 30.5 Å². The maximum absolute atomic E-state index is 12.8. The van der Waals surface area contributed by atoms with E-state index in [-0.39, 0.29) is 12.1 Å². The molecule has 0 unspecified atom stereocenters. The maximum Gasteiger partial charge on any atom is 0.259 e. The molecule has 0 heterocycles. The van der Waals surface area contributed by atoms with Crippen molar-refractivity contribution in [2.75, 3.05) is 13.7 Å². The minimum atomic E-state index is -0.477. The molecule has 2 aromatic rings. The number of nitrogens with zero attached hydrogens (tertiary/aromatic N) is 1. The van der Waals surface area contributed by atoms with Gasteiger partial charge in [-0.3, -0.25) is 9.59 Å². The highest BCUT2D eigenvalue weighted by Crippen LogP contribution is 2.09. The van der Waals surface area contributed by atoms with E-state index in [2.05, 4.69) is 15.8 Å². The molecule has 0 aromatic heterocycles. The fourth-order valence-corrected chi connectivity index (χ4v) is 1.77. The van der Waals surface area contributed by atoms with Crippen LogP contribution in [0.15, 0.2) is 53.6 Å². The molecule has 0 atom stereocenters. The van der Waals surface area contributed by atoms with Gasteiger partial charge in [-0.05, 0) is 54.1 Å². The standard InChI is InChI=1S/C17H16FN3O3/c1-24-15-8-2-12(3-9-15)10-20-21-16(22)11-19-17(23)13-4-6-14(18)7-5-13/h2-10H,11H2,1H3,(H,19,23)(H,21,22)/b20-10-. The molecule has 0 aliphatic heterocycles. The predicted molar refractivity (Wildman–Crippen MR) is 87.5 cm³/mol. The van der Waals surface area contributed by atoms with Crippen LogP contribution in [0.25, 0.3) is 0 Å². The van der Waals surface area contributed by atoms with Gasteiger partial charge in [0.25, 0.3) is 11.8 Å². The van der Waals surface area contributed by atoms with Crippen molar-refractivity contribution in [1.29, 1.82) is 0 Å². The second-order valence-corrected chi connectivity index (χ2v) is 4.76. The Morgan fingerprint density at radius 2 is 1.79 bits per heavy atom. The first kappa shape index (κ1) is 17.1. The van der Waals surface area contributed by atoms with Crippen molar-refractivity contribution < 1.29 is 18.7 Å². The largest absolute Gasteiger partial charge is 0.497 e. The van der Waals surface area contributed by atoms with E-state index in [4.69, 9.17) is 4.74 Å². The lowest BCUT2D eigenvalue weighted by Gasteiger charge is -2.04. The third-order valence-corrected chi connectivity index (χ3v) is 3.03. The molecule has 0 spiro atoms. The minimum absolute atomic E-state index is 0.240. The Kier molecular flexibility index (Phi) is 6.01. The lowest BCUT2D eigenvalue weighted by atomic mass is 10.2. The van der Waals surface area contributed by atoms with E-state index in [0.29, 0.717) is 0 Å². The van der Waals surface area contributed by atoms with Crippen LogP contribution < -0.4 is 15.5 Å². The molecule has 2 aromatic carbocycles. The second-order valence-electron chi connectivity index (χ2n) is 4.76. The monoisotopic (exact) mass is 329 g/mol. The van der Waals surface area contributed by atoms with Crippen LogP contribution in [0.5, 0.6) is 5.75 Å². The van der Waals surface area contributed by atoms with E-state index in [1.807, 2.05) is 0 Å². The number of carbonyl (C=O) groups is 2. The predicted octanol–water partition coefficient (Wildman–Crippen LogP) is 1.71. The molecule has 0 fully saturated rings. The van der Waals surface area contributed by atoms with Crippen molar-refractivity contribution in [2.45, 2.75) is 0 Å². The zero-order valence-electron chi connectivity index (χ0n) is 13.0. The zero-order valence-corrected chi connectivity index (χ0v) is 13.0. The fraction of sp³-hybridized carbons (Fsp3) is 0.118. The first-order valence-electron chi connectivity index (χ1n) is 7.08. The molecule has 0 bridgehead atoms. The Hall–Kier alpha value is -3.22. The molecule has 124 valence electrons. The number of ether oxygens (including phenoxy) is 1. The molecular formula is C17H16FN3O3. The van der Waals surface area contributed by atoms with Crippen LogP contribution in [-0.2, 0) is 4.79 Å². The maximum atomic E-state index is 12.8. The number of hydrogen-bond acceptors (Lipinski definition) is 4. The highest BCUT2D eigenvalue weighted by molar-refractivity contribution is 5.96. The van der Waals surface area contributed by atoms with Crippen molar-refractivity contribution in [2.24, 2.45) is 5.10 Å². The molecule has 2 N–H and O–H groups in total. The van der Waals surface area contributed by atoms with Gasteiger partial charge in [-0.25, -0.2) is 9.82 Å². The highest BCUT2D eigenvalue weighted by Gasteiger charge is 2.07. The summed E-state index contributed by atoms with van der Waals surface area (Å²) < 4.78 is 17.8. The topological polar surface area (TPSA) is 79.8 Å². The van der Waals surface area contributed by atoms with E-state index in [0.717, 1.165) is 11.3 Å². The van der Waals surface area contributed by atoms with Crippen LogP contribution in [0.4, 0.5) is 4.39 Å². The Bertz CT molecular complexity index is 728. The molecule has 7 heteroatoms. The SMILES string of the molecule is COc1ccc(/C=N\NC(=O)CNC(=O)c2ccc(F)cc2)cc1. The van der Waals surface area contributed by atoms with Gasteiger partial charge in [0.2, 0.25) is 0 Å². The lowest BCUT2D eigenvalue weighted by Crippen LogP contribution is -2.34. The van der Waals surface area contributed by atoms with Crippen LogP contribution in [0, 0.1) is 5.82 Å². The summed E-state index contributed by atoms with van der Waals surface area (Å²) in [5, 5.41) is 6.21. The fourth-order valence-electron chi connectivity index (χ4n) is 1.77. The Balaban J connectivity index is 1.77. The van der Waals surface area contributed by atoms with Gasteiger partial charge >= 0.3 is 0 Å². The normalized spacial score (nSPS) is 10.4. The quantitative estimate of drug-likeness (QED) is 0.625. The molecule has 0 saturated heterocycles. The van der Waals surface area contributed by atoms with Gasteiger partial charge in [0.15, 0.2) is 0 Å². The molecular weight excluding hydrogens is 313 g/mol. The third-order valence-electron chi connectivity index (χ3n) is 3.03. The summed E-state index contributed by atoms with van der Waals surface area (Å²) in [6, 6.07) is 12.1. The Morgan fingerprint density at radius 3 is 2.42 bits per heavy atom. The summed E-state index contributed by atoms with van der Waals surface area (Å²) in [6.07, 6.45) is 1.47. The zero-order chi connectivity index (χ0) is 17.4. The van der Waals surface area contributed by atoms with E-state index in [9.17, 15) is 14.0 Å². The number of methoxy groups -OCH3 is 1. The first-order valence-corrected chi connectivity index (χ1v) is 7.08. The summed E-state index contributed by atoms with van der Waals surface area (Å²) in [4.78, 5) is 23.4. The van der Waals surface area contributed by atoms with Gasteiger partial charge in [-0.1, -0.05) is 0 Å². The van der Waals surface area contributed by atoms with E-state index < -0.39 is 17.6 Å². The van der Waals surface area contributed by atoms with Gasteiger partial charge in [0.05, 0.1) is 19.9 Å². The number of carbonyl (C=O) groups excluding carboxylic acids is 2. The Labute approximate surface area is 138 Å². The van der Waals surface area contributed by atoms with Crippen molar-refractivity contribution >= 4 is 18.0 Å². The number of amides is 2. The van der Waals surface area contributed by atoms with Crippen LogP contribution in [-0.4, -0.2) is 31.7 Å². The van der Waals surface area contributed by atoms with Gasteiger partial charge in [-0.2, -0.15) is 5.10 Å². The second kappa shape index (κ2) is 8.42. The van der Waals surface area contributed by atoms with E-state index >= 15 is 0 Å². The van der Waals surface area contributed by atoms with Crippen LogP contribution in [0.3, 0.4) is 0 Å². The van der Waals surface area contributed by atoms with Gasteiger partial charge < -0.3 is 10.1 Å². The summed E-state index contributed by atoms with van der Waals surface area (Å²) in [6.45, 7) is -0.240. The third kappa shape index (κ3) is 5.20. The van der Waals surface area contributed by atoms with Crippen molar-refractivity contribution in [1.82, 2.24) is 10.7 Å². The number of rotatable bonds is 6. The molecule has 0 aliphatic rings. The average Bonchev–Trinajstić information content (AvgIpc) is 2.61. The summed E-state index contributed by atoms with van der Waals surface area (Å²) >= 11 is 0. The van der Waals surface area contributed by atoms with Crippen molar-refractivity contribution in [3.05, 3.63) is 65.5 Å². The van der Waals surface area contributed by atoms with Crippen molar-refractivity contribution in [3.63, 3.8) is 0 Å². The van der Waals surface area contributed by atoms with Crippen LogP contribution in [0.1, 0.15) is 15.9 Å². The van der Waals surface area contributed by atoms with Gasteiger partial charge in [-0.15, -0.1) is 0 Å². The minimum Gasteiger partial charge on any atom is -0.497 e. The van der Waals surface area contributed by atoms with Crippen LogP contribution >= 0.6 is 0 Å². The number of nitrogens with one attached hydrogen (secondary N) is 2. The molecule has 6 nitrogen and oxygen atoms in total. The Morgan fingerprint density at radius 1 is 1.12 bits per heavy atom. The van der Waals surface area contributed by atoms with Gasteiger partial charge in [0.1, 0.15) is 11.6 Å². The van der Waals surface area contributed by atoms with E-state index in [1.54, 1.807) is 31.4 Å². The summed E-state index contributed by atoms with van der Waals surface area (Å²) in [5.74, 6) is -0.656. The average molecular weight is 329 g/mol. The molecule has 0 aliphatic carbocycles. The number of hydrazone groups is 1. The number of hydrogen-bond donors (Lipinski definition) is 2. The summed E-state index contributed by atoms with van der Waals surface area (Å²) in [5.41, 5.74) is 3.35. The lowest BCUT2D eigenvalue weighted by molar-refractivity contribution is -0.120. The number of halogens is 1. The molecule has 24 heavy (non-hydrogen) atoms. The highest BCUT2D eigenvalue weighted by atomic mass is 19.1. The van der Waals surface area contributed by atoms with Crippen molar-refractivity contribution in [3.8, 4) is 5.75 Å². The molecule has 2 rings (SSSR count). The molecule has 0 radical (unpaired) electrons. The number of benzene rings is 2. The van der Waals surface area contributed by atoms with Gasteiger partial charge in [0, 0.05) is 5.56 Å². The summed E-state index contributed by atoms with van der Waals surface area (Å²) in [7, 11) is 1.57. The smallest absolute Gasteiger partial charge is 0.259 e. The molecule has 0 saturated carbocycles. The first-order chi connectivity index (χ1) is 11.6. The van der Waals surface area contributed by atoms with Crippen LogP contribution in [0.2, 0.25) is 0 Å². The molecule has 2 amide bonds.